The molecule has 132 valence electrons. The van der Waals surface area contributed by atoms with E-state index in [1.54, 1.807) is 42.8 Å². The van der Waals surface area contributed by atoms with Crippen molar-refractivity contribution in [2.45, 2.75) is 0 Å². The smallest absolute Gasteiger partial charge is 0.170 e. The number of hydrogen-bond donors (Lipinski definition) is 4. The summed E-state index contributed by atoms with van der Waals surface area (Å²) in [7, 11) is 0. The topological polar surface area (TPSA) is 97.5 Å². The van der Waals surface area contributed by atoms with Gasteiger partial charge in [-0.25, -0.2) is 4.98 Å². The Morgan fingerprint density at radius 1 is 1.15 bits per heavy atom. The molecule has 0 aliphatic carbocycles. The van der Waals surface area contributed by atoms with E-state index in [9.17, 15) is 0 Å². The second kappa shape index (κ2) is 8.99. The fourth-order valence-electron chi connectivity index (χ4n) is 2.25. The van der Waals surface area contributed by atoms with Crippen molar-refractivity contribution in [3.8, 4) is 11.8 Å². The molecule has 7 heteroatoms. The first-order valence-electron chi connectivity index (χ1n) is 7.47. The van der Waals surface area contributed by atoms with Crippen molar-refractivity contribution in [2.75, 3.05) is 12.0 Å². The van der Waals surface area contributed by atoms with Crippen LogP contribution in [0.15, 0.2) is 53.8 Å². The van der Waals surface area contributed by atoms with Gasteiger partial charge in [-0.2, -0.15) is 12.6 Å². The second-order valence-electron chi connectivity index (χ2n) is 5.06. The highest BCUT2D eigenvalue weighted by molar-refractivity contribution is 7.79. The molecule has 5 N–H and O–H groups in total. The van der Waals surface area contributed by atoms with E-state index in [1.165, 1.54) is 0 Å². The average molecular weight is 385 g/mol. The van der Waals surface area contributed by atoms with Crippen LogP contribution in [0.2, 0.25) is 5.02 Å². The normalized spacial score (nSPS) is 10.5. The van der Waals surface area contributed by atoms with Gasteiger partial charge in [0.25, 0.3) is 0 Å². The number of thiol groups is 1. The molecular formula is C19H17ClN4OS. The van der Waals surface area contributed by atoms with Crippen LogP contribution in [-0.2, 0) is 0 Å². The van der Waals surface area contributed by atoms with Gasteiger partial charge in [0.15, 0.2) is 5.84 Å². The van der Waals surface area contributed by atoms with Crippen molar-refractivity contribution >= 4 is 46.7 Å². The Kier molecular flexibility index (Phi) is 6.73. The Labute approximate surface area is 162 Å². The predicted molar refractivity (Wildman–Crippen MR) is 111 cm³/mol. The number of oxime groups is 1. The summed E-state index contributed by atoms with van der Waals surface area (Å²) in [4.78, 5) is 4.17. The summed E-state index contributed by atoms with van der Waals surface area (Å²) >= 11 is 9.60. The summed E-state index contributed by atoms with van der Waals surface area (Å²) in [5.41, 5.74) is 13.5. The molecule has 3 rings (SSSR count). The van der Waals surface area contributed by atoms with E-state index in [2.05, 4.69) is 34.6 Å². The van der Waals surface area contributed by atoms with E-state index in [0.29, 0.717) is 22.0 Å². The molecule has 0 bridgehead atoms. The van der Waals surface area contributed by atoms with E-state index in [4.69, 9.17) is 28.3 Å². The SMILES string of the molecule is CS.NC(=NO)c1ccc(C#Cc2c(N)ncc3ccc(Cl)cc23)cc1. The molecule has 0 unspecified atom stereocenters. The zero-order valence-electron chi connectivity index (χ0n) is 13.9. The summed E-state index contributed by atoms with van der Waals surface area (Å²) in [6.45, 7) is 0. The van der Waals surface area contributed by atoms with Crippen molar-refractivity contribution in [1.29, 1.82) is 0 Å². The maximum Gasteiger partial charge on any atom is 0.170 e. The number of nitrogens with zero attached hydrogens (tertiary/aromatic N) is 2. The number of pyridine rings is 1. The van der Waals surface area contributed by atoms with Crippen molar-refractivity contribution < 1.29 is 5.21 Å². The zero-order chi connectivity index (χ0) is 19.1. The summed E-state index contributed by atoms with van der Waals surface area (Å²) in [6.07, 6.45) is 3.39. The first-order chi connectivity index (χ1) is 12.6. The van der Waals surface area contributed by atoms with Crippen LogP contribution in [0.25, 0.3) is 10.8 Å². The molecule has 0 aliphatic heterocycles. The van der Waals surface area contributed by atoms with Crippen LogP contribution in [0, 0.1) is 11.8 Å². The Morgan fingerprint density at radius 3 is 2.50 bits per heavy atom. The maximum atomic E-state index is 8.67. The molecule has 2 aromatic carbocycles. The Balaban J connectivity index is 0.00000117. The molecule has 0 radical (unpaired) electrons. The summed E-state index contributed by atoms with van der Waals surface area (Å²) in [5, 5.41) is 14.0. The van der Waals surface area contributed by atoms with Gasteiger partial charge in [-0.05, 0) is 42.7 Å². The van der Waals surface area contributed by atoms with E-state index >= 15 is 0 Å². The quantitative estimate of drug-likeness (QED) is 0.129. The number of amidine groups is 1. The average Bonchev–Trinajstić information content (AvgIpc) is 2.68. The highest BCUT2D eigenvalue weighted by atomic mass is 35.5. The third-order valence-corrected chi connectivity index (χ3v) is 3.74. The molecule has 0 spiro atoms. The molecule has 26 heavy (non-hydrogen) atoms. The molecule has 1 aromatic heterocycles. The number of nitrogens with two attached hydrogens (primary N) is 2. The Hall–Kier alpha value is -2.88. The largest absolute Gasteiger partial charge is 0.409 e. The third-order valence-electron chi connectivity index (χ3n) is 3.50. The molecule has 0 atom stereocenters. The Bertz CT molecular complexity index is 1000. The molecule has 0 amide bonds. The zero-order valence-corrected chi connectivity index (χ0v) is 15.6. The van der Waals surface area contributed by atoms with Crippen LogP contribution in [0.5, 0.6) is 0 Å². The number of aromatic nitrogens is 1. The second-order valence-corrected chi connectivity index (χ2v) is 5.50. The molecule has 3 aromatic rings. The van der Waals surface area contributed by atoms with Crippen molar-refractivity contribution in [2.24, 2.45) is 10.9 Å². The molecule has 0 aliphatic rings. The van der Waals surface area contributed by atoms with E-state index < -0.39 is 0 Å². The number of anilines is 1. The molecule has 5 nitrogen and oxygen atoms in total. The lowest BCUT2D eigenvalue weighted by Crippen LogP contribution is -2.12. The number of nitrogen functional groups attached to an aromatic ring is 1. The van der Waals surface area contributed by atoms with Gasteiger partial charge in [-0.15, -0.1) is 0 Å². The van der Waals surface area contributed by atoms with Gasteiger partial charge in [-0.3, -0.25) is 0 Å². The minimum Gasteiger partial charge on any atom is -0.409 e. The van der Waals surface area contributed by atoms with Gasteiger partial charge in [0, 0.05) is 33.1 Å². The van der Waals surface area contributed by atoms with E-state index in [0.717, 1.165) is 16.3 Å². The number of rotatable bonds is 1. The van der Waals surface area contributed by atoms with Crippen LogP contribution >= 0.6 is 24.2 Å². The van der Waals surface area contributed by atoms with Gasteiger partial charge >= 0.3 is 0 Å². The first-order valence-corrected chi connectivity index (χ1v) is 8.74. The van der Waals surface area contributed by atoms with Crippen LogP contribution in [0.1, 0.15) is 16.7 Å². The fraction of sp³-hybridized carbons (Fsp3) is 0.0526. The van der Waals surface area contributed by atoms with Crippen molar-refractivity contribution in [3.05, 3.63) is 70.4 Å². The molecular weight excluding hydrogens is 368 g/mol. The fourth-order valence-corrected chi connectivity index (χ4v) is 2.42. The van der Waals surface area contributed by atoms with Gasteiger partial charge in [0.2, 0.25) is 0 Å². The first kappa shape index (κ1) is 19.4. The minimum atomic E-state index is 0.0478. The van der Waals surface area contributed by atoms with Crippen LogP contribution in [-0.4, -0.2) is 22.3 Å². The number of halogens is 1. The number of hydrogen-bond acceptors (Lipinski definition) is 5. The van der Waals surface area contributed by atoms with Gasteiger partial charge in [0.1, 0.15) is 5.82 Å². The monoisotopic (exact) mass is 384 g/mol. The lowest BCUT2D eigenvalue weighted by molar-refractivity contribution is 0.318. The molecule has 1 heterocycles. The summed E-state index contributed by atoms with van der Waals surface area (Å²) in [6, 6.07) is 12.5. The molecule has 0 saturated heterocycles. The van der Waals surface area contributed by atoms with E-state index in [1.807, 2.05) is 12.1 Å². The number of benzene rings is 2. The van der Waals surface area contributed by atoms with Crippen LogP contribution < -0.4 is 11.5 Å². The van der Waals surface area contributed by atoms with E-state index in [-0.39, 0.29) is 5.84 Å². The highest BCUT2D eigenvalue weighted by Crippen LogP contribution is 2.24. The third kappa shape index (κ3) is 4.39. The van der Waals surface area contributed by atoms with Crippen molar-refractivity contribution in [1.82, 2.24) is 4.98 Å². The van der Waals surface area contributed by atoms with Gasteiger partial charge in [-0.1, -0.05) is 34.7 Å². The van der Waals surface area contributed by atoms with Crippen LogP contribution in [0.4, 0.5) is 5.82 Å². The lowest BCUT2D eigenvalue weighted by Gasteiger charge is -2.04. The minimum absolute atomic E-state index is 0.0478. The molecule has 0 saturated carbocycles. The standard InChI is InChI=1S/C18H13ClN4O.CH4S/c19-14-7-6-13-10-22-18(21)15(16(13)9-14)8-3-11-1-4-12(5-2-11)17(20)23-24;1-2/h1-2,4-7,9-10,24H,(H2,20,23)(H2,21,22);2H,1H3. The predicted octanol–water partition coefficient (Wildman–Crippen LogP) is 3.51. The highest BCUT2D eigenvalue weighted by Gasteiger charge is 2.05. The summed E-state index contributed by atoms with van der Waals surface area (Å²) < 4.78 is 0. The maximum absolute atomic E-state index is 8.67. The lowest BCUT2D eigenvalue weighted by atomic mass is 10.1. The van der Waals surface area contributed by atoms with Gasteiger partial charge < -0.3 is 16.7 Å². The van der Waals surface area contributed by atoms with Gasteiger partial charge in [0.05, 0.1) is 5.56 Å². The van der Waals surface area contributed by atoms with Crippen LogP contribution in [0.3, 0.4) is 0 Å². The summed E-state index contributed by atoms with van der Waals surface area (Å²) in [5.74, 6) is 6.50. The number of fused-ring (bicyclic) bond motifs is 1. The molecule has 0 fully saturated rings. The Morgan fingerprint density at radius 2 is 1.85 bits per heavy atom. The van der Waals surface area contributed by atoms with Crippen molar-refractivity contribution in [3.63, 3.8) is 0 Å².